The zero-order valence-corrected chi connectivity index (χ0v) is 22.8. The Morgan fingerprint density at radius 1 is 0.438 bits per heavy atom. The molecule has 0 spiro atoms. The third-order valence-electron chi connectivity index (χ3n) is 5.99. The molecule has 0 saturated heterocycles. The van der Waals surface area contributed by atoms with E-state index in [2.05, 4.69) is 111 Å². The molecule has 1 unspecified atom stereocenters. The van der Waals surface area contributed by atoms with Gasteiger partial charge in [0.05, 0.1) is 0 Å². The monoisotopic (exact) mass is 572 g/mol. The molecular formula is C28H29Cl2PPd. The average molecular weight is 574 g/mol. The second-order valence-electron chi connectivity index (χ2n) is 7.71. The summed E-state index contributed by atoms with van der Waals surface area (Å²) in [6.45, 7) is 4.44. The van der Waals surface area contributed by atoms with E-state index in [4.69, 9.17) is 19.1 Å². The molecule has 4 aromatic rings. The summed E-state index contributed by atoms with van der Waals surface area (Å²) in [6.07, 6.45) is 0. The van der Waals surface area contributed by atoms with E-state index < -0.39 is 21.3 Å². The van der Waals surface area contributed by atoms with Crippen LogP contribution in [0.2, 0.25) is 0 Å². The fourth-order valence-electron chi connectivity index (χ4n) is 4.07. The van der Waals surface area contributed by atoms with Crippen LogP contribution < -0.4 is 0 Å². The van der Waals surface area contributed by atoms with E-state index in [-0.39, 0.29) is 9.90 Å². The van der Waals surface area contributed by atoms with Crippen LogP contribution in [0.3, 0.4) is 0 Å². The Kier molecular flexibility index (Phi) is 8.04. The number of hydrogen-bond acceptors (Lipinski definition) is 0. The van der Waals surface area contributed by atoms with Crippen LogP contribution in [0.4, 0.5) is 0 Å². The predicted molar refractivity (Wildman–Crippen MR) is 141 cm³/mol. The summed E-state index contributed by atoms with van der Waals surface area (Å²) in [5, 5.41) is 0. The van der Waals surface area contributed by atoms with Gasteiger partial charge in [0.15, 0.2) is 0 Å². The van der Waals surface area contributed by atoms with Crippen LogP contribution in [0.5, 0.6) is 0 Å². The number of benzene rings is 4. The molecule has 0 heterocycles. The summed E-state index contributed by atoms with van der Waals surface area (Å²) in [6, 6.07) is 41.9. The molecule has 0 saturated carbocycles. The molecule has 170 valence electrons. The van der Waals surface area contributed by atoms with Crippen LogP contribution in [0.25, 0.3) is 0 Å². The fraction of sp³-hybridized carbons (Fsp3) is 0.143. The maximum Gasteiger partial charge on any atom is -0.153 e. The van der Waals surface area contributed by atoms with Crippen molar-refractivity contribution in [3.8, 4) is 0 Å². The Balaban J connectivity index is 0.00000289. The molecule has 4 aromatic carbocycles. The minimum Gasteiger partial charge on any atom is -0.153 e. The topological polar surface area (TPSA) is 0 Å². The summed E-state index contributed by atoms with van der Waals surface area (Å²) in [5.74, 6) is 0. The molecule has 0 radical (unpaired) electrons. The van der Waals surface area contributed by atoms with E-state index in [0.717, 1.165) is 22.3 Å². The van der Waals surface area contributed by atoms with Gasteiger partial charge in [0, 0.05) is 0 Å². The van der Waals surface area contributed by atoms with Gasteiger partial charge in [0.25, 0.3) is 0 Å². The normalized spacial score (nSPS) is 12.6. The summed E-state index contributed by atoms with van der Waals surface area (Å²) in [5.41, 5.74) is 4.56. The van der Waals surface area contributed by atoms with Crippen LogP contribution in [0.1, 0.15) is 36.1 Å². The second kappa shape index (κ2) is 10.2. The molecule has 0 fully saturated rings. The Morgan fingerprint density at radius 2 is 0.625 bits per heavy atom. The maximum atomic E-state index is 7.80. The molecule has 1 atom stereocenters. The van der Waals surface area contributed by atoms with Crippen molar-refractivity contribution in [3.63, 3.8) is 0 Å². The largest absolute Gasteiger partial charge is 0.153 e. The van der Waals surface area contributed by atoms with Crippen molar-refractivity contribution >= 4 is 29.0 Å². The van der Waals surface area contributed by atoms with Gasteiger partial charge in [-0.2, -0.15) is 9.90 Å². The van der Waals surface area contributed by atoms with Crippen molar-refractivity contribution in [3.05, 3.63) is 144 Å². The third kappa shape index (κ3) is 4.12. The zero-order valence-electron chi connectivity index (χ0n) is 18.3. The van der Waals surface area contributed by atoms with Gasteiger partial charge in [-0.05, 0) is 0 Å². The van der Waals surface area contributed by atoms with Crippen LogP contribution in [0.15, 0.2) is 121 Å². The quantitative estimate of drug-likeness (QED) is 0.160. The number of hydrogen-bond donors (Lipinski definition) is 0. The van der Waals surface area contributed by atoms with Crippen molar-refractivity contribution in [2.24, 2.45) is 0 Å². The number of halogens is 2. The molecule has 0 amide bonds. The Labute approximate surface area is 206 Å². The summed E-state index contributed by atoms with van der Waals surface area (Å²) >= 11 is -3.39. The summed E-state index contributed by atoms with van der Waals surface area (Å²) < 4.78 is -1.09. The minimum atomic E-state index is -3.39. The fourth-order valence-corrected chi connectivity index (χ4v) is 12.2. The molecule has 32 heavy (non-hydrogen) atoms. The van der Waals surface area contributed by atoms with E-state index >= 15 is 0 Å². The smallest absolute Gasteiger partial charge is 0.153 e. The maximum absolute atomic E-state index is 7.80. The van der Waals surface area contributed by atoms with Crippen molar-refractivity contribution in [2.45, 2.75) is 21.6 Å². The standard InChI is InChI=1S/2C14H13.2ClH.H3P.Pd/c2*1-12(13-8-4-2-5-9-13)14-10-6-3-7-11-14;;;;/h2*2-11H,1H3;2*1H;1H3;/q;;;;;+2/p-2. The molecule has 4 heteroatoms. The van der Waals surface area contributed by atoms with E-state index in [1.807, 2.05) is 24.3 Å². The summed E-state index contributed by atoms with van der Waals surface area (Å²) in [7, 11) is 15.6. The van der Waals surface area contributed by atoms with Gasteiger partial charge < -0.3 is 0 Å². The number of rotatable bonds is 6. The molecule has 0 aliphatic rings. The van der Waals surface area contributed by atoms with Crippen molar-refractivity contribution in [2.75, 3.05) is 0 Å². The van der Waals surface area contributed by atoms with Gasteiger partial charge >= 0.3 is 198 Å². The molecule has 0 aliphatic carbocycles. The molecule has 0 nitrogen and oxygen atoms in total. The van der Waals surface area contributed by atoms with Gasteiger partial charge in [-0.15, -0.1) is 0 Å². The van der Waals surface area contributed by atoms with Crippen LogP contribution in [-0.2, 0) is 21.3 Å². The van der Waals surface area contributed by atoms with Gasteiger partial charge in [0.1, 0.15) is 0 Å². The first-order valence-corrected chi connectivity index (χ1v) is 15.8. The predicted octanol–water partition coefficient (Wildman–Crippen LogP) is 8.43. The Morgan fingerprint density at radius 3 is 0.812 bits per heavy atom. The van der Waals surface area contributed by atoms with Crippen LogP contribution in [0, 0.1) is 0 Å². The SMILES string of the molecule is C[C](c1ccccc1)(c1ccccc1)[Pd]([Cl])([Cl])[C](C)(c1ccccc1)c1ccccc1.P. The molecular weight excluding hydrogens is 545 g/mol. The molecule has 4 rings (SSSR count). The van der Waals surface area contributed by atoms with Crippen molar-refractivity contribution in [1.82, 2.24) is 0 Å². The first-order chi connectivity index (χ1) is 14.9. The van der Waals surface area contributed by atoms with Gasteiger partial charge in [-0.3, -0.25) is 0 Å². The average Bonchev–Trinajstić information content (AvgIpc) is 2.85. The zero-order chi connectivity index (χ0) is 22.0. The second-order valence-corrected chi connectivity index (χ2v) is 17.6. The van der Waals surface area contributed by atoms with Crippen LogP contribution in [-0.4, -0.2) is 0 Å². The molecule has 0 aliphatic heterocycles. The van der Waals surface area contributed by atoms with Gasteiger partial charge in [0.2, 0.25) is 0 Å². The van der Waals surface area contributed by atoms with E-state index in [1.54, 1.807) is 0 Å². The van der Waals surface area contributed by atoms with Crippen molar-refractivity contribution < 1.29 is 13.5 Å². The van der Waals surface area contributed by atoms with E-state index in [9.17, 15) is 0 Å². The Hall–Kier alpha value is -1.45. The van der Waals surface area contributed by atoms with Crippen LogP contribution >= 0.6 is 29.0 Å². The molecule has 0 aromatic heterocycles. The third-order valence-corrected chi connectivity index (χ3v) is 17.3. The van der Waals surface area contributed by atoms with Crippen molar-refractivity contribution in [1.29, 1.82) is 0 Å². The Bertz CT molecular complexity index is 947. The van der Waals surface area contributed by atoms with Gasteiger partial charge in [-0.25, -0.2) is 0 Å². The van der Waals surface area contributed by atoms with E-state index in [0.29, 0.717) is 0 Å². The minimum absolute atomic E-state index is 0. The van der Waals surface area contributed by atoms with E-state index in [1.165, 1.54) is 0 Å². The van der Waals surface area contributed by atoms with Gasteiger partial charge in [-0.1, -0.05) is 0 Å². The molecule has 0 bridgehead atoms. The summed E-state index contributed by atoms with van der Waals surface area (Å²) in [4.78, 5) is 0. The first-order valence-electron chi connectivity index (χ1n) is 10.2. The first kappa shape index (κ1) is 25.2. The molecule has 0 N–H and O–H groups in total.